The number of nitrogens with zero attached hydrogens (tertiary/aromatic N) is 3. The Bertz CT molecular complexity index is 497. The van der Waals surface area contributed by atoms with E-state index in [4.69, 9.17) is 5.26 Å². The van der Waals surface area contributed by atoms with Gasteiger partial charge in [-0.3, -0.25) is 4.90 Å². The number of nitriles is 1. The van der Waals surface area contributed by atoms with Crippen LogP contribution in [-0.2, 0) is 6.54 Å². The van der Waals surface area contributed by atoms with Crippen LogP contribution in [0.1, 0.15) is 11.1 Å². The summed E-state index contributed by atoms with van der Waals surface area (Å²) in [6.07, 6.45) is 0. The molecule has 0 aliphatic carbocycles. The van der Waals surface area contributed by atoms with Crippen LogP contribution in [0.15, 0.2) is 18.2 Å². The van der Waals surface area contributed by atoms with Gasteiger partial charge in [0.15, 0.2) is 0 Å². The maximum atomic E-state index is 13.7. The van der Waals surface area contributed by atoms with Gasteiger partial charge in [0.05, 0.1) is 11.6 Å². The van der Waals surface area contributed by atoms with E-state index in [1.54, 1.807) is 12.1 Å². The highest BCUT2D eigenvalue weighted by Gasteiger charge is 2.21. The van der Waals surface area contributed by atoms with Crippen molar-refractivity contribution in [2.24, 2.45) is 0 Å². The Labute approximate surface area is 119 Å². The van der Waals surface area contributed by atoms with Gasteiger partial charge in [-0.15, -0.1) is 0 Å². The highest BCUT2D eigenvalue weighted by Crippen LogP contribution is 2.10. The van der Waals surface area contributed by atoms with Crippen molar-refractivity contribution in [2.75, 3.05) is 40.3 Å². The summed E-state index contributed by atoms with van der Waals surface area (Å²) in [6.45, 7) is 4.51. The van der Waals surface area contributed by atoms with Gasteiger partial charge < -0.3 is 10.2 Å². The second-order valence-corrected chi connectivity index (χ2v) is 5.45. The summed E-state index contributed by atoms with van der Waals surface area (Å²) in [4.78, 5) is 4.65. The summed E-state index contributed by atoms with van der Waals surface area (Å²) in [5, 5.41) is 12.0. The zero-order chi connectivity index (χ0) is 14.5. The molecule has 20 heavy (non-hydrogen) atoms. The van der Waals surface area contributed by atoms with E-state index in [-0.39, 0.29) is 5.82 Å². The van der Waals surface area contributed by atoms with Gasteiger partial charge in [0.1, 0.15) is 5.82 Å². The molecule has 1 aliphatic rings. The molecule has 1 aromatic rings. The fourth-order valence-electron chi connectivity index (χ4n) is 2.46. The van der Waals surface area contributed by atoms with Crippen molar-refractivity contribution >= 4 is 0 Å². The number of rotatable bonds is 4. The number of hydrogen-bond acceptors (Lipinski definition) is 4. The van der Waals surface area contributed by atoms with Gasteiger partial charge in [-0.1, -0.05) is 6.07 Å². The first-order chi connectivity index (χ1) is 9.60. The Balaban J connectivity index is 1.85. The van der Waals surface area contributed by atoms with Crippen LogP contribution in [0.4, 0.5) is 4.39 Å². The fraction of sp³-hybridized carbons (Fsp3) is 0.533. The Kier molecular flexibility index (Phi) is 5.07. The molecule has 1 N–H and O–H groups in total. The van der Waals surface area contributed by atoms with Crippen molar-refractivity contribution in [3.8, 4) is 6.07 Å². The highest BCUT2D eigenvalue weighted by atomic mass is 19.1. The molecule has 108 valence electrons. The number of piperazine rings is 1. The van der Waals surface area contributed by atoms with Crippen LogP contribution in [0.3, 0.4) is 0 Å². The smallest absolute Gasteiger partial charge is 0.129 e. The van der Waals surface area contributed by atoms with E-state index in [1.807, 2.05) is 6.07 Å². The lowest BCUT2D eigenvalue weighted by Gasteiger charge is -2.37. The van der Waals surface area contributed by atoms with Crippen molar-refractivity contribution in [1.82, 2.24) is 15.1 Å². The minimum Gasteiger partial charge on any atom is -0.311 e. The molecule has 0 amide bonds. The largest absolute Gasteiger partial charge is 0.311 e. The Morgan fingerprint density at radius 3 is 2.90 bits per heavy atom. The number of hydrogen-bond donors (Lipinski definition) is 1. The van der Waals surface area contributed by atoms with Crippen LogP contribution < -0.4 is 5.32 Å². The second kappa shape index (κ2) is 6.80. The zero-order valence-corrected chi connectivity index (χ0v) is 12.1. The summed E-state index contributed by atoms with van der Waals surface area (Å²) < 4.78 is 13.7. The molecule has 5 heteroatoms. The van der Waals surface area contributed by atoms with Crippen molar-refractivity contribution in [2.45, 2.75) is 12.6 Å². The number of halogens is 1. The molecule has 1 aromatic carbocycles. The van der Waals surface area contributed by atoms with Crippen LogP contribution in [-0.4, -0.2) is 56.1 Å². The maximum Gasteiger partial charge on any atom is 0.129 e. The van der Waals surface area contributed by atoms with E-state index in [1.165, 1.54) is 6.07 Å². The SMILES string of the molecule is CN1CCN(C)C(CNCc2ccc(C#N)cc2F)C1. The van der Waals surface area contributed by atoms with Gasteiger partial charge in [-0.05, 0) is 26.2 Å². The number of benzene rings is 1. The Morgan fingerprint density at radius 2 is 2.20 bits per heavy atom. The first-order valence-electron chi connectivity index (χ1n) is 6.88. The number of nitrogens with one attached hydrogen (secondary N) is 1. The monoisotopic (exact) mass is 276 g/mol. The molecule has 1 heterocycles. The number of likely N-dealkylation sites (N-methyl/N-ethyl adjacent to an activating group) is 2. The molecule has 0 saturated carbocycles. The Morgan fingerprint density at radius 1 is 1.40 bits per heavy atom. The average Bonchev–Trinajstić information content (AvgIpc) is 2.44. The maximum absolute atomic E-state index is 13.7. The van der Waals surface area contributed by atoms with Crippen LogP contribution in [0.5, 0.6) is 0 Å². The molecular weight excluding hydrogens is 255 g/mol. The molecular formula is C15H21FN4. The molecule has 1 aliphatic heterocycles. The molecule has 0 aromatic heterocycles. The topological polar surface area (TPSA) is 42.3 Å². The lowest BCUT2D eigenvalue weighted by atomic mass is 10.1. The summed E-state index contributed by atoms with van der Waals surface area (Å²) in [6, 6.07) is 7.02. The normalized spacial score (nSPS) is 20.8. The van der Waals surface area contributed by atoms with Gasteiger partial charge in [0.2, 0.25) is 0 Å². The van der Waals surface area contributed by atoms with E-state index in [0.29, 0.717) is 23.7 Å². The first kappa shape index (κ1) is 14.9. The van der Waals surface area contributed by atoms with E-state index in [0.717, 1.165) is 26.2 Å². The molecule has 4 nitrogen and oxygen atoms in total. The van der Waals surface area contributed by atoms with E-state index < -0.39 is 0 Å². The summed E-state index contributed by atoms with van der Waals surface area (Å²) >= 11 is 0. The van der Waals surface area contributed by atoms with Crippen molar-refractivity contribution in [3.05, 3.63) is 35.1 Å². The van der Waals surface area contributed by atoms with Gasteiger partial charge >= 0.3 is 0 Å². The van der Waals surface area contributed by atoms with Crippen LogP contribution in [0.2, 0.25) is 0 Å². The third-order valence-electron chi connectivity index (χ3n) is 3.86. The molecule has 2 rings (SSSR count). The predicted molar refractivity (Wildman–Crippen MR) is 76.7 cm³/mol. The third kappa shape index (κ3) is 3.76. The molecule has 1 unspecified atom stereocenters. The molecule has 0 spiro atoms. The van der Waals surface area contributed by atoms with Crippen molar-refractivity contribution in [3.63, 3.8) is 0 Å². The molecule has 0 radical (unpaired) electrons. The second-order valence-electron chi connectivity index (χ2n) is 5.45. The van der Waals surface area contributed by atoms with Crippen molar-refractivity contribution in [1.29, 1.82) is 5.26 Å². The molecule has 1 fully saturated rings. The van der Waals surface area contributed by atoms with Crippen LogP contribution in [0.25, 0.3) is 0 Å². The minimum absolute atomic E-state index is 0.314. The zero-order valence-electron chi connectivity index (χ0n) is 12.1. The lowest BCUT2D eigenvalue weighted by Crippen LogP contribution is -2.53. The van der Waals surface area contributed by atoms with Gasteiger partial charge in [-0.25, -0.2) is 4.39 Å². The summed E-state index contributed by atoms with van der Waals surface area (Å²) in [5.74, 6) is -0.314. The first-order valence-corrected chi connectivity index (χ1v) is 6.88. The summed E-state index contributed by atoms with van der Waals surface area (Å²) in [7, 11) is 4.25. The van der Waals surface area contributed by atoms with Crippen LogP contribution in [0, 0.1) is 17.1 Å². The van der Waals surface area contributed by atoms with Crippen LogP contribution >= 0.6 is 0 Å². The third-order valence-corrected chi connectivity index (χ3v) is 3.86. The van der Waals surface area contributed by atoms with Gasteiger partial charge in [-0.2, -0.15) is 5.26 Å². The van der Waals surface area contributed by atoms with E-state index in [2.05, 4.69) is 29.2 Å². The van der Waals surface area contributed by atoms with Gasteiger partial charge in [0.25, 0.3) is 0 Å². The van der Waals surface area contributed by atoms with Crippen molar-refractivity contribution < 1.29 is 4.39 Å². The standard InChI is InChI=1S/C15H21FN4/c1-19-5-6-20(2)14(11-19)10-18-9-13-4-3-12(8-17)7-15(13)16/h3-4,7,14,18H,5-6,9-11H2,1-2H3. The highest BCUT2D eigenvalue weighted by molar-refractivity contribution is 5.32. The average molecular weight is 276 g/mol. The van der Waals surface area contributed by atoms with E-state index >= 15 is 0 Å². The molecule has 0 bridgehead atoms. The quantitative estimate of drug-likeness (QED) is 0.892. The van der Waals surface area contributed by atoms with E-state index in [9.17, 15) is 4.39 Å². The van der Waals surface area contributed by atoms with Gasteiger partial charge in [0, 0.05) is 44.3 Å². The predicted octanol–water partition coefficient (Wildman–Crippen LogP) is 1.03. The Hall–Kier alpha value is -1.48. The molecule has 1 saturated heterocycles. The fourth-order valence-corrected chi connectivity index (χ4v) is 2.46. The lowest BCUT2D eigenvalue weighted by molar-refractivity contribution is 0.113. The summed E-state index contributed by atoms with van der Waals surface area (Å²) in [5.41, 5.74) is 0.968. The molecule has 1 atom stereocenters. The minimum atomic E-state index is -0.314.